The summed E-state index contributed by atoms with van der Waals surface area (Å²) in [5, 5.41) is 0.871. The van der Waals surface area contributed by atoms with Crippen molar-refractivity contribution in [1.29, 1.82) is 0 Å². The highest BCUT2D eigenvalue weighted by atomic mass is 32.2. The molecule has 4 rings (SSSR count). The fourth-order valence-electron chi connectivity index (χ4n) is 2.62. The summed E-state index contributed by atoms with van der Waals surface area (Å²) in [6.45, 7) is 0. The Morgan fingerprint density at radius 3 is 2.24 bits per heavy atom. The fourth-order valence-corrected chi connectivity index (χ4v) is 4.46. The first-order chi connectivity index (χ1) is 14.0. The fraction of sp³-hybridized carbons (Fsp3) is 0.0476. The molecule has 2 aromatic heterocycles. The Morgan fingerprint density at radius 1 is 0.862 bits per heavy atom. The minimum absolute atomic E-state index is 0.0611. The lowest BCUT2D eigenvalue weighted by Crippen LogP contribution is -2.09. The molecule has 0 fully saturated rings. The third-order valence-electron chi connectivity index (χ3n) is 4.11. The zero-order valence-electron chi connectivity index (χ0n) is 15.3. The van der Waals surface area contributed by atoms with Crippen LogP contribution in [0.4, 0.5) is 0 Å². The van der Waals surface area contributed by atoms with Crippen molar-refractivity contribution in [3.8, 4) is 32.5 Å². The van der Waals surface area contributed by atoms with Crippen molar-refractivity contribution in [2.45, 2.75) is 4.90 Å². The van der Waals surface area contributed by atoms with Crippen molar-refractivity contribution in [1.82, 2.24) is 9.97 Å². The van der Waals surface area contributed by atoms with Gasteiger partial charge in [0, 0.05) is 24.2 Å². The largest absolute Gasteiger partial charge is 0.497 e. The lowest BCUT2D eigenvalue weighted by Gasteiger charge is -2.08. The molecule has 0 unspecified atom stereocenters. The number of hydrogen-bond donors (Lipinski definition) is 0. The lowest BCUT2D eigenvalue weighted by molar-refractivity contribution is 0.414. The molecule has 0 saturated carbocycles. The molecule has 0 aliphatic carbocycles. The molecule has 2 heterocycles. The van der Waals surface area contributed by atoms with Crippen molar-refractivity contribution < 1.29 is 17.3 Å². The van der Waals surface area contributed by atoms with Crippen LogP contribution in [0.1, 0.15) is 0 Å². The molecule has 0 spiro atoms. The summed E-state index contributed by atoms with van der Waals surface area (Å²) in [4.78, 5) is 9.58. The number of nitrogens with zero attached hydrogens (tertiary/aromatic N) is 2. The van der Waals surface area contributed by atoms with Crippen molar-refractivity contribution in [3.05, 3.63) is 79.3 Å². The van der Waals surface area contributed by atoms with Crippen LogP contribution in [0.15, 0.2) is 84.1 Å². The van der Waals surface area contributed by atoms with Crippen molar-refractivity contribution >= 4 is 21.5 Å². The van der Waals surface area contributed by atoms with E-state index in [0.717, 1.165) is 21.0 Å². The van der Waals surface area contributed by atoms with Crippen LogP contribution in [0.25, 0.3) is 21.0 Å². The second-order valence-electron chi connectivity index (χ2n) is 6.01. The Bertz CT molecular complexity index is 1200. The van der Waals surface area contributed by atoms with Gasteiger partial charge in [-0.1, -0.05) is 0 Å². The van der Waals surface area contributed by atoms with Gasteiger partial charge in [0.1, 0.15) is 21.4 Å². The van der Waals surface area contributed by atoms with E-state index in [9.17, 15) is 8.42 Å². The van der Waals surface area contributed by atoms with E-state index >= 15 is 0 Å². The zero-order chi connectivity index (χ0) is 20.3. The van der Waals surface area contributed by atoms with Crippen LogP contribution in [0, 0.1) is 0 Å². The number of methoxy groups -OCH3 is 1. The van der Waals surface area contributed by atoms with E-state index < -0.39 is 10.1 Å². The number of pyridine rings is 1. The first kappa shape index (κ1) is 19.1. The van der Waals surface area contributed by atoms with Gasteiger partial charge in [-0.25, -0.2) is 4.98 Å². The first-order valence-electron chi connectivity index (χ1n) is 8.60. The Hall–Kier alpha value is -3.23. The van der Waals surface area contributed by atoms with Crippen LogP contribution in [-0.2, 0) is 10.1 Å². The van der Waals surface area contributed by atoms with Crippen molar-refractivity contribution in [2.75, 3.05) is 7.11 Å². The maximum absolute atomic E-state index is 12.4. The van der Waals surface area contributed by atoms with Gasteiger partial charge in [0.15, 0.2) is 0 Å². The summed E-state index contributed by atoms with van der Waals surface area (Å²) in [7, 11) is -2.40. The zero-order valence-corrected chi connectivity index (χ0v) is 17.0. The van der Waals surface area contributed by atoms with Gasteiger partial charge in [-0.05, 0) is 66.2 Å². The molecule has 0 radical (unpaired) electrons. The van der Waals surface area contributed by atoms with Gasteiger partial charge in [0.25, 0.3) is 0 Å². The summed E-state index contributed by atoms with van der Waals surface area (Å²) in [5.41, 5.74) is 1.88. The number of thiazole rings is 1. The molecule has 0 bridgehead atoms. The minimum atomic E-state index is -3.92. The second-order valence-corrected chi connectivity index (χ2v) is 8.59. The number of aromatic nitrogens is 2. The molecule has 6 nitrogen and oxygen atoms in total. The van der Waals surface area contributed by atoms with Crippen molar-refractivity contribution in [2.24, 2.45) is 0 Å². The maximum Gasteiger partial charge on any atom is 0.339 e. The monoisotopic (exact) mass is 424 g/mol. The summed E-state index contributed by atoms with van der Waals surface area (Å²) in [6.07, 6.45) is 5.28. The highest BCUT2D eigenvalue weighted by Crippen LogP contribution is 2.32. The third kappa shape index (κ3) is 4.28. The number of rotatable bonds is 6. The molecule has 2 aromatic carbocycles. The molecule has 0 N–H and O–H groups in total. The smallest absolute Gasteiger partial charge is 0.339 e. The van der Waals surface area contributed by atoms with Crippen LogP contribution in [0.5, 0.6) is 11.5 Å². The normalized spacial score (nSPS) is 11.2. The molecule has 8 heteroatoms. The highest BCUT2D eigenvalue weighted by molar-refractivity contribution is 7.87. The van der Waals surface area contributed by atoms with E-state index in [4.69, 9.17) is 8.92 Å². The molecule has 146 valence electrons. The van der Waals surface area contributed by atoms with E-state index in [1.54, 1.807) is 55.0 Å². The average Bonchev–Trinajstić information content (AvgIpc) is 3.25. The van der Waals surface area contributed by atoms with Gasteiger partial charge in [0.2, 0.25) is 0 Å². The molecular weight excluding hydrogens is 408 g/mol. The Balaban J connectivity index is 1.51. The molecule has 0 aliphatic rings. The van der Waals surface area contributed by atoms with Gasteiger partial charge in [-0.3, -0.25) is 4.98 Å². The number of hydrogen-bond acceptors (Lipinski definition) is 7. The average molecular weight is 425 g/mol. The summed E-state index contributed by atoms with van der Waals surface area (Å²) < 4.78 is 35.2. The Morgan fingerprint density at radius 2 is 1.59 bits per heavy atom. The maximum atomic E-state index is 12.4. The van der Waals surface area contributed by atoms with Crippen LogP contribution >= 0.6 is 11.3 Å². The Kier molecular flexibility index (Phi) is 5.28. The van der Waals surface area contributed by atoms with Crippen LogP contribution < -0.4 is 8.92 Å². The number of ether oxygens (including phenoxy) is 1. The van der Waals surface area contributed by atoms with E-state index in [2.05, 4.69) is 9.97 Å². The van der Waals surface area contributed by atoms with Crippen LogP contribution in [0.2, 0.25) is 0 Å². The Labute approximate surface area is 172 Å². The van der Waals surface area contributed by atoms with Gasteiger partial charge in [-0.15, -0.1) is 11.3 Å². The molecule has 0 aliphatic heterocycles. The first-order valence-corrected chi connectivity index (χ1v) is 10.8. The van der Waals surface area contributed by atoms with Gasteiger partial charge >= 0.3 is 10.1 Å². The van der Waals surface area contributed by atoms with Gasteiger partial charge < -0.3 is 8.92 Å². The number of benzene rings is 2. The summed E-state index contributed by atoms with van der Waals surface area (Å²) in [6, 6.07) is 16.7. The predicted molar refractivity (Wildman–Crippen MR) is 112 cm³/mol. The van der Waals surface area contributed by atoms with E-state index in [1.807, 2.05) is 12.1 Å². The van der Waals surface area contributed by atoms with E-state index in [1.165, 1.54) is 30.6 Å². The van der Waals surface area contributed by atoms with Gasteiger partial charge in [0.05, 0.1) is 12.0 Å². The minimum Gasteiger partial charge on any atom is -0.497 e. The van der Waals surface area contributed by atoms with Crippen LogP contribution in [-0.4, -0.2) is 25.5 Å². The quantitative estimate of drug-likeness (QED) is 0.419. The molecule has 29 heavy (non-hydrogen) atoms. The van der Waals surface area contributed by atoms with E-state index in [0.29, 0.717) is 5.75 Å². The lowest BCUT2D eigenvalue weighted by atomic mass is 10.2. The van der Waals surface area contributed by atoms with Crippen LogP contribution in [0.3, 0.4) is 0 Å². The summed E-state index contributed by atoms with van der Waals surface area (Å²) >= 11 is 1.54. The summed E-state index contributed by atoms with van der Waals surface area (Å²) in [5.74, 6) is 0.810. The molecule has 0 saturated heterocycles. The van der Waals surface area contributed by atoms with Gasteiger partial charge in [-0.2, -0.15) is 8.42 Å². The second kappa shape index (κ2) is 8.02. The predicted octanol–water partition coefficient (Wildman–Crippen LogP) is 4.65. The van der Waals surface area contributed by atoms with Crippen molar-refractivity contribution in [3.63, 3.8) is 0 Å². The topological polar surface area (TPSA) is 78.4 Å². The third-order valence-corrected chi connectivity index (χ3v) is 6.46. The molecule has 0 atom stereocenters. The standard InChI is InChI=1S/C21H16N2O4S2/c1-26-17-8-10-19(11-9-17)29(24,25)27-18-6-4-15(5-7-18)20-14-23-21(28-20)16-3-2-12-22-13-16/h2-14H,1H3. The SMILES string of the molecule is COc1ccc(S(=O)(=O)Oc2ccc(-c3cnc(-c4cccnc4)s3)cc2)cc1. The molecule has 0 amide bonds. The highest BCUT2D eigenvalue weighted by Gasteiger charge is 2.17. The molecule has 4 aromatic rings. The van der Waals surface area contributed by atoms with E-state index in [-0.39, 0.29) is 10.6 Å². The molecular formula is C21H16N2O4S2.